The van der Waals surface area contributed by atoms with E-state index >= 15 is 0 Å². The molecule has 0 aliphatic carbocycles. The number of esters is 1. The first-order valence-electron chi connectivity index (χ1n) is 10.4. The summed E-state index contributed by atoms with van der Waals surface area (Å²) in [6.45, 7) is 3.18. The van der Waals surface area contributed by atoms with E-state index in [1.165, 1.54) is 18.4 Å². The maximum Gasteiger partial charge on any atom is 0.307 e. The highest BCUT2D eigenvalue weighted by Crippen LogP contribution is 2.37. The Balaban J connectivity index is 1.70. The SMILES string of the molecule is CCCCOc1cccc(C(=O)N=c2sc3cc4c(cc3n2CCC(=O)OC)OCO4)c1. The van der Waals surface area contributed by atoms with E-state index in [-0.39, 0.29) is 25.1 Å². The van der Waals surface area contributed by atoms with E-state index in [1.54, 1.807) is 18.2 Å². The van der Waals surface area contributed by atoms with Crippen molar-refractivity contribution in [2.45, 2.75) is 32.7 Å². The van der Waals surface area contributed by atoms with Crippen molar-refractivity contribution in [2.24, 2.45) is 4.99 Å². The molecule has 0 fully saturated rings. The molecule has 0 spiro atoms. The highest BCUT2D eigenvalue weighted by Gasteiger charge is 2.19. The molecule has 3 aromatic rings. The highest BCUT2D eigenvalue weighted by molar-refractivity contribution is 7.16. The summed E-state index contributed by atoms with van der Waals surface area (Å²) in [7, 11) is 1.35. The maximum atomic E-state index is 13.0. The van der Waals surface area contributed by atoms with Crippen molar-refractivity contribution in [3.63, 3.8) is 0 Å². The fraction of sp³-hybridized carbons (Fsp3) is 0.348. The number of thiazole rings is 1. The number of benzene rings is 2. The number of hydrogen-bond acceptors (Lipinski definition) is 7. The van der Waals surface area contributed by atoms with Crippen LogP contribution in [0.2, 0.25) is 0 Å². The number of fused-ring (bicyclic) bond motifs is 2. The van der Waals surface area contributed by atoms with Gasteiger partial charge in [-0.25, -0.2) is 0 Å². The van der Waals surface area contributed by atoms with Gasteiger partial charge in [0.05, 0.1) is 30.4 Å². The molecule has 1 aromatic heterocycles. The van der Waals surface area contributed by atoms with Gasteiger partial charge in [0.15, 0.2) is 16.3 Å². The van der Waals surface area contributed by atoms with Crippen molar-refractivity contribution >= 4 is 33.4 Å². The molecule has 0 unspecified atom stereocenters. The van der Waals surface area contributed by atoms with Crippen LogP contribution in [0.3, 0.4) is 0 Å². The predicted molar refractivity (Wildman–Crippen MR) is 119 cm³/mol. The van der Waals surface area contributed by atoms with Crippen LogP contribution in [0.25, 0.3) is 10.2 Å². The molecule has 1 aliphatic rings. The van der Waals surface area contributed by atoms with Crippen LogP contribution in [0.4, 0.5) is 0 Å². The average molecular weight is 457 g/mol. The summed E-state index contributed by atoms with van der Waals surface area (Å²) in [5.41, 5.74) is 1.25. The van der Waals surface area contributed by atoms with E-state index in [0.717, 1.165) is 23.1 Å². The first kappa shape index (κ1) is 21.9. The molecular formula is C23H24N2O6S. The first-order chi connectivity index (χ1) is 15.6. The zero-order valence-electron chi connectivity index (χ0n) is 18.0. The summed E-state index contributed by atoms with van der Waals surface area (Å²) in [6.07, 6.45) is 2.13. The molecule has 0 N–H and O–H groups in total. The number of amides is 1. The number of carbonyl (C=O) groups excluding carboxylic acids is 2. The van der Waals surface area contributed by atoms with Gasteiger partial charge in [0.25, 0.3) is 5.91 Å². The fourth-order valence-corrected chi connectivity index (χ4v) is 4.34. The fourth-order valence-electron chi connectivity index (χ4n) is 3.27. The summed E-state index contributed by atoms with van der Waals surface area (Å²) in [4.78, 5) is 29.5. The van der Waals surface area contributed by atoms with E-state index in [0.29, 0.717) is 40.8 Å². The van der Waals surface area contributed by atoms with Crippen LogP contribution in [-0.4, -0.2) is 37.0 Å². The Morgan fingerprint density at radius 3 is 2.78 bits per heavy atom. The summed E-state index contributed by atoms with van der Waals surface area (Å²) >= 11 is 1.35. The van der Waals surface area contributed by atoms with E-state index in [2.05, 4.69) is 11.9 Å². The van der Waals surface area contributed by atoms with Gasteiger partial charge in [-0.15, -0.1) is 0 Å². The Morgan fingerprint density at radius 2 is 2.00 bits per heavy atom. The summed E-state index contributed by atoms with van der Waals surface area (Å²) in [5, 5.41) is 0. The normalized spacial score (nSPS) is 12.9. The Kier molecular flexibility index (Phi) is 6.75. The average Bonchev–Trinajstić information content (AvgIpc) is 3.39. The van der Waals surface area contributed by atoms with Gasteiger partial charge in [-0.2, -0.15) is 4.99 Å². The lowest BCUT2D eigenvalue weighted by Gasteiger charge is -2.06. The number of aryl methyl sites for hydroxylation is 1. The standard InChI is InChI=1S/C23H24N2O6S/c1-3-4-10-29-16-7-5-6-15(11-16)22(27)24-23-25(9-8-21(26)28-2)17-12-18-19(31-14-30-18)13-20(17)32-23/h5-7,11-13H,3-4,8-10,14H2,1-2H3. The van der Waals surface area contributed by atoms with E-state index < -0.39 is 0 Å². The van der Waals surface area contributed by atoms with E-state index in [1.807, 2.05) is 22.8 Å². The third-order valence-electron chi connectivity index (χ3n) is 4.99. The zero-order valence-corrected chi connectivity index (χ0v) is 18.8. The Morgan fingerprint density at radius 1 is 1.19 bits per heavy atom. The van der Waals surface area contributed by atoms with Gasteiger partial charge in [-0.05, 0) is 24.6 Å². The van der Waals surface area contributed by atoms with Crippen LogP contribution in [0.15, 0.2) is 41.4 Å². The molecule has 0 bridgehead atoms. The molecule has 2 heterocycles. The molecule has 1 aliphatic heterocycles. The Labute approximate surface area is 189 Å². The molecule has 1 amide bonds. The number of ether oxygens (including phenoxy) is 4. The topological polar surface area (TPSA) is 88.4 Å². The van der Waals surface area contributed by atoms with Gasteiger partial charge in [0, 0.05) is 24.2 Å². The van der Waals surface area contributed by atoms with E-state index in [4.69, 9.17) is 18.9 Å². The first-order valence-corrected chi connectivity index (χ1v) is 11.2. The van der Waals surface area contributed by atoms with Crippen molar-refractivity contribution in [1.82, 2.24) is 4.57 Å². The molecule has 168 valence electrons. The second-order valence-electron chi connectivity index (χ2n) is 7.18. The van der Waals surface area contributed by atoms with Crippen LogP contribution in [0.1, 0.15) is 36.5 Å². The molecule has 32 heavy (non-hydrogen) atoms. The summed E-state index contributed by atoms with van der Waals surface area (Å²) in [5.74, 6) is 1.18. The lowest BCUT2D eigenvalue weighted by molar-refractivity contribution is -0.140. The van der Waals surface area contributed by atoms with Gasteiger partial charge in [0.1, 0.15) is 5.75 Å². The smallest absolute Gasteiger partial charge is 0.307 e. The van der Waals surface area contributed by atoms with Gasteiger partial charge >= 0.3 is 5.97 Å². The lowest BCUT2D eigenvalue weighted by atomic mass is 10.2. The lowest BCUT2D eigenvalue weighted by Crippen LogP contribution is -2.19. The number of rotatable bonds is 8. The predicted octanol–water partition coefficient (Wildman–Crippen LogP) is 3.91. The minimum absolute atomic E-state index is 0.152. The molecule has 0 saturated carbocycles. The molecule has 9 heteroatoms. The zero-order chi connectivity index (χ0) is 22.5. The Bertz CT molecular complexity index is 1210. The van der Waals surface area contributed by atoms with Crippen LogP contribution in [-0.2, 0) is 16.1 Å². The molecule has 0 atom stereocenters. The minimum atomic E-state index is -0.385. The van der Waals surface area contributed by atoms with Crippen LogP contribution >= 0.6 is 11.3 Å². The van der Waals surface area contributed by atoms with Crippen LogP contribution < -0.4 is 19.0 Å². The molecule has 4 rings (SSSR count). The molecule has 8 nitrogen and oxygen atoms in total. The number of carbonyl (C=O) groups is 2. The number of methoxy groups -OCH3 is 1. The van der Waals surface area contributed by atoms with Crippen molar-refractivity contribution in [2.75, 3.05) is 20.5 Å². The molecule has 0 radical (unpaired) electrons. The van der Waals surface area contributed by atoms with Crippen molar-refractivity contribution < 1.29 is 28.5 Å². The van der Waals surface area contributed by atoms with Gasteiger partial charge in [0.2, 0.25) is 6.79 Å². The van der Waals surface area contributed by atoms with Crippen LogP contribution in [0.5, 0.6) is 17.2 Å². The van der Waals surface area contributed by atoms with Crippen molar-refractivity contribution in [3.8, 4) is 17.2 Å². The number of unbranched alkanes of at least 4 members (excludes halogenated alkanes) is 1. The molecular weight excluding hydrogens is 432 g/mol. The minimum Gasteiger partial charge on any atom is -0.494 e. The number of hydrogen-bond donors (Lipinski definition) is 0. The third kappa shape index (κ3) is 4.77. The van der Waals surface area contributed by atoms with Crippen molar-refractivity contribution in [3.05, 3.63) is 46.8 Å². The van der Waals surface area contributed by atoms with Gasteiger partial charge in [-0.3, -0.25) is 9.59 Å². The second-order valence-corrected chi connectivity index (χ2v) is 8.19. The van der Waals surface area contributed by atoms with Gasteiger partial charge < -0.3 is 23.5 Å². The monoisotopic (exact) mass is 456 g/mol. The Hall–Kier alpha value is -3.33. The number of aromatic nitrogens is 1. The molecule has 0 saturated heterocycles. The van der Waals surface area contributed by atoms with Crippen molar-refractivity contribution in [1.29, 1.82) is 0 Å². The van der Waals surface area contributed by atoms with Gasteiger partial charge in [-0.1, -0.05) is 30.7 Å². The number of nitrogens with zero attached hydrogens (tertiary/aromatic N) is 2. The maximum absolute atomic E-state index is 13.0. The quantitative estimate of drug-likeness (QED) is 0.377. The van der Waals surface area contributed by atoms with E-state index in [9.17, 15) is 9.59 Å². The second kappa shape index (κ2) is 9.86. The summed E-state index contributed by atoms with van der Waals surface area (Å²) < 4.78 is 24.1. The van der Waals surface area contributed by atoms with Crippen LogP contribution in [0, 0.1) is 0 Å². The third-order valence-corrected chi connectivity index (χ3v) is 6.03. The highest BCUT2D eigenvalue weighted by atomic mass is 32.1. The largest absolute Gasteiger partial charge is 0.494 e. The molecule has 2 aromatic carbocycles. The summed E-state index contributed by atoms with van der Waals surface area (Å²) in [6, 6.07) is 10.7.